The van der Waals surface area contributed by atoms with Gasteiger partial charge in [0.05, 0.1) is 6.04 Å². The Labute approximate surface area is 92.3 Å². The molecule has 1 aromatic rings. The van der Waals surface area contributed by atoms with Crippen LogP contribution in [0.2, 0.25) is 0 Å². The van der Waals surface area contributed by atoms with Gasteiger partial charge in [-0.2, -0.15) is 0 Å². The summed E-state index contributed by atoms with van der Waals surface area (Å²) in [6.07, 6.45) is -0.375. The Balaban J connectivity index is 1.88. The summed E-state index contributed by atoms with van der Waals surface area (Å²) in [5, 5.41) is 2.72. The molecule has 1 unspecified atom stereocenters. The molecule has 0 bridgehead atoms. The second-order valence-electron chi connectivity index (χ2n) is 3.70. The molecule has 1 amide bonds. The van der Waals surface area contributed by atoms with Crippen LogP contribution in [0.3, 0.4) is 0 Å². The molecule has 2 aliphatic rings. The van der Waals surface area contributed by atoms with Gasteiger partial charge in [-0.05, 0) is 17.7 Å². The van der Waals surface area contributed by atoms with Crippen molar-refractivity contribution in [1.29, 1.82) is 0 Å². The fourth-order valence-corrected chi connectivity index (χ4v) is 1.84. The van der Waals surface area contributed by atoms with Crippen LogP contribution in [-0.4, -0.2) is 25.9 Å². The number of hydrogen-bond donors (Lipinski definition) is 1. The first-order chi connectivity index (χ1) is 7.83. The van der Waals surface area contributed by atoms with Gasteiger partial charge >= 0.3 is 6.09 Å². The third-order valence-electron chi connectivity index (χ3n) is 2.64. The van der Waals surface area contributed by atoms with E-state index in [1.165, 1.54) is 0 Å². The minimum atomic E-state index is -0.375. The largest absolute Gasteiger partial charge is 0.486 e. The topological polar surface area (TPSA) is 56.8 Å². The van der Waals surface area contributed by atoms with Gasteiger partial charge in [-0.3, -0.25) is 0 Å². The third-order valence-corrected chi connectivity index (χ3v) is 2.64. The van der Waals surface area contributed by atoms with Crippen molar-refractivity contribution in [1.82, 2.24) is 5.32 Å². The monoisotopic (exact) mass is 221 g/mol. The minimum absolute atomic E-state index is 0.0941. The molecule has 1 atom stereocenters. The van der Waals surface area contributed by atoms with E-state index in [9.17, 15) is 4.79 Å². The van der Waals surface area contributed by atoms with Gasteiger partial charge in [0, 0.05) is 0 Å². The third kappa shape index (κ3) is 1.54. The average molecular weight is 221 g/mol. The molecule has 1 fully saturated rings. The Morgan fingerprint density at radius 1 is 1.12 bits per heavy atom. The van der Waals surface area contributed by atoms with E-state index in [0.717, 1.165) is 17.1 Å². The summed E-state index contributed by atoms with van der Waals surface area (Å²) in [5.41, 5.74) is 0.968. The van der Waals surface area contributed by atoms with E-state index in [0.29, 0.717) is 19.8 Å². The van der Waals surface area contributed by atoms with Crippen molar-refractivity contribution in [3.63, 3.8) is 0 Å². The number of alkyl carbamates (subject to hydrolysis) is 1. The lowest BCUT2D eigenvalue weighted by molar-refractivity contribution is 0.171. The fraction of sp³-hybridized carbons (Fsp3) is 0.364. The number of carbonyl (C=O) groups excluding carboxylic acids is 1. The molecule has 0 aromatic heterocycles. The molecule has 0 radical (unpaired) electrons. The molecule has 1 saturated heterocycles. The molecule has 0 spiro atoms. The lowest BCUT2D eigenvalue weighted by Crippen LogP contribution is -2.19. The fourth-order valence-electron chi connectivity index (χ4n) is 1.84. The summed E-state index contributed by atoms with van der Waals surface area (Å²) in [6.45, 7) is 1.50. The van der Waals surface area contributed by atoms with Crippen molar-refractivity contribution in [3.8, 4) is 11.5 Å². The molecule has 0 saturated carbocycles. The maximum Gasteiger partial charge on any atom is 0.407 e. The van der Waals surface area contributed by atoms with Crippen LogP contribution in [0.25, 0.3) is 0 Å². The van der Waals surface area contributed by atoms with E-state index in [4.69, 9.17) is 14.2 Å². The minimum Gasteiger partial charge on any atom is -0.486 e. The predicted molar refractivity (Wildman–Crippen MR) is 54.7 cm³/mol. The highest BCUT2D eigenvalue weighted by Crippen LogP contribution is 2.33. The molecule has 0 aliphatic carbocycles. The molecule has 5 nitrogen and oxygen atoms in total. The van der Waals surface area contributed by atoms with Crippen LogP contribution in [-0.2, 0) is 4.74 Å². The molecule has 1 aromatic carbocycles. The van der Waals surface area contributed by atoms with Crippen LogP contribution in [0, 0.1) is 0 Å². The molecule has 16 heavy (non-hydrogen) atoms. The molecule has 84 valence electrons. The van der Waals surface area contributed by atoms with Crippen molar-refractivity contribution < 1.29 is 19.0 Å². The van der Waals surface area contributed by atoms with Crippen LogP contribution in [0.4, 0.5) is 4.79 Å². The number of amides is 1. The Hall–Kier alpha value is -1.91. The van der Waals surface area contributed by atoms with E-state index >= 15 is 0 Å². The van der Waals surface area contributed by atoms with Crippen molar-refractivity contribution in [2.45, 2.75) is 6.04 Å². The van der Waals surface area contributed by atoms with Gasteiger partial charge in [-0.15, -0.1) is 0 Å². The smallest absolute Gasteiger partial charge is 0.407 e. The molecule has 2 heterocycles. The lowest BCUT2D eigenvalue weighted by Gasteiger charge is -2.19. The summed E-state index contributed by atoms with van der Waals surface area (Å²) in [6, 6.07) is 5.55. The highest BCUT2D eigenvalue weighted by molar-refractivity contribution is 5.70. The lowest BCUT2D eigenvalue weighted by atomic mass is 10.1. The summed E-state index contributed by atoms with van der Waals surface area (Å²) < 4.78 is 15.7. The van der Waals surface area contributed by atoms with Crippen LogP contribution in [0.1, 0.15) is 11.6 Å². The van der Waals surface area contributed by atoms with Crippen molar-refractivity contribution in [2.24, 2.45) is 0 Å². The maximum absolute atomic E-state index is 10.9. The molecule has 3 rings (SSSR count). The molecular weight excluding hydrogens is 210 g/mol. The van der Waals surface area contributed by atoms with E-state index in [-0.39, 0.29) is 12.1 Å². The van der Waals surface area contributed by atoms with Gasteiger partial charge in [0.2, 0.25) is 0 Å². The Kier molecular flexibility index (Phi) is 2.09. The highest BCUT2D eigenvalue weighted by Gasteiger charge is 2.25. The zero-order valence-corrected chi connectivity index (χ0v) is 8.56. The number of fused-ring (bicyclic) bond motifs is 1. The quantitative estimate of drug-likeness (QED) is 0.775. The number of carbonyl (C=O) groups is 1. The Morgan fingerprint density at radius 2 is 1.94 bits per heavy atom. The summed E-state index contributed by atoms with van der Waals surface area (Å²) >= 11 is 0. The van der Waals surface area contributed by atoms with Crippen molar-refractivity contribution in [3.05, 3.63) is 23.8 Å². The van der Waals surface area contributed by atoms with Gasteiger partial charge in [-0.25, -0.2) is 4.79 Å². The van der Waals surface area contributed by atoms with E-state index in [1.54, 1.807) is 0 Å². The Bertz CT molecular complexity index is 432. The van der Waals surface area contributed by atoms with Crippen molar-refractivity contribution >= 4 is 6.09 Å². The highest BCUT2D eigenvalue weighted by atomic mass is 16.6. The Morgan fingerprint density at radius 3 is 2.69 bits per heavy atom. The van der Waals surface area contributed by atoms with Gasteiger partial charge in [0.25, 0.3) is 0 Å². The van der Waals surface area contributed by atoms with Crippen LogP contribution >= 0.6 is 0 Å². The normalized spacial score (nSPS) is 22.5. The average Bonchev–Trinajstić information content (AvgIpc) is 2.75. The zero-order chi connectivity index (χ0) is 11.0. The summed E-state index contributed by atoms with van der Waals surface area (Å²) in [4.78, 5) is 10.9. The van der Waals surface area contributed by atoms with E-state index in [1.807, 2.05) is 18.2 Å². The number of cyclic esters (lactones) is 1. The second-order valence-corrected chi connectivity index (χ2v) is 3.70. The zero-order valence-electron chi connectivity index (χ0n) is 8.56. The van der Waals surface area contributed by atoms with E-state index < -0.39 is 0 Å². The number of ether oxygens (including phenoxy) is 3. The SMILES string of the molecule is O=C1NC(c2ccc3c(c2)OCCO3)CO1. The first-order valence-electron chi connectivity index (χ1n) is 5.16. The van der Waals surface area contributed by atoms with Gasteiger partial charge in [0.1, 0.15) is 19.8 Å². The molecule has 5 heteroatoms. The number of nitrogens with one attached hydrogen (secondary N) is 1. The standard InChI is InChI=1S/C11H11NO4/c13-11-12-8(6-16-11)7-1-2-9-10(5-7)15-4-3-14-9/h1-2,5,8H,3-4,6H2,(H,12,13). The van der Waals surface area contributed by atoms with Crippen LogP contribution in [0.15, 0.2) is 18.2 Å². The van der Waals surface area contributed by atoms with Crippen molar-refractivity contribution in [2.75, 3.05) is 19.8 Å². The summed E-state index contributed by atoms with van der Waals surface area (Å²) in [7, 11) is 0. The van der Waals surface area contributed by atoms with Crippen LogP contribution < -0.4 is 14.8 Å². The summed E-state index contributed by atoms with van der Waals surface area (Å²) in [5.74, 6) is 1.48. The van der Waals surface area contributed by atoms with Gasteiger partial charge in [-0.1, -0.05) is 6.07 Å². The van der Waals surface area contributed by atoms with Gasteiger partial charge in [0.15, 0.2) is 11.5 Å². The van der Waals surface area contributed by atoms with Gasteiger partial charge < -0.3 is 19.5 Å². The molecule has 2 aliphatic heterocycles. The maximum atomic E-state index is 10.9. The first-order valence-corrected chi connectivity index (χ1v) is 5.16. The molecule has 1 N–H and O–H groups in total. The predicted octanol–water partition coefficient (Wildman–Crippen LogP) is 1.24. The number of rotatable bonds is 1. The number of hydrogen-bond acceptors (Lipinski definition) is 4. The van der Waals surface area contributed by atoms with E-state index in [2.05, 4.69) is 5.32 Å². The number of benzene rings is 1. The second kappa shape index (κ2) is 3.59. The van der Waals surface area contributed by atoms with Crippen LogP contribution in [0.5, 0.6) is 11.5 Å². The molecular formula is C11H11NO4. The first kappa shape index (κ1) is 9.33.